The maximum atomic E-state index is 11.6. The molecule has 2 nitrogen and oxygen atoms in total. The van der Waals surface area contributed by atoms with Crippen molar-refractivity contribution in [3.05, 3.63) is 39.9 Å². The van der Waals surface area contributed by atoms with E-state index >= 15 is 0 Å². The van der Waals surface area contributed by atoms with E-state index in [1.807, 2.05) is 24.3 Å². The quantitative estimate of drug-likeness (QED) is 0.775. The Morgan fingerprint density at radius 1 is 1.25 bits per heavy atom. The fourth-order valence-corrected chi connectivity index (χ4v) is 2.33. The lowest BCUT2D eigenvalue weighted by Gasteiger charge is -2.06. The fourth-order valence-electron chi connectivity index (χ4n) is 2.06. The van der Waals surface area contributed by atoms with Crippen molar-refractivity contribution in [1.29, 1.82) is 0 Å². The summed E-state index contributed by atoms with van der Waals surface area (Å²) in [6, 6.07) is 8.06. The molecule has 0 aliphatic heterocycles. The molecule has 84 valence electrons. The number of allylic oxidation sites excluding steroid dienone is 1. The highest BCUT2D eigenvalue weighted by Crippen LogP contribution is 2.34. The normalized spacial score (nSPS) is 15.4. The lowest BCUT2D eigenvalue weighted by Crippen LogP contribution is -2.04. The van der Waals surface area contributed by atoms with E-state index in [9.17, 15) is 4.79 Å². The van der Waals surface area contributed by atoms with Gasteiger partial charge in [0.25, 0.3) is 0 Å². The van der Waals surface area contributed by atoms with Gasteiger partial charge in [0.2, 0.25) is 0 Å². The number of halogens is 1. The van der Waals surface area contributed by atoms with Crippen LogP contribution in [0.15, 0.2) is 34.3 Å². The molecule has 0 aromatic heterocycles. The molecule has 0 atom stereocenters. The Kier molecular flexibility index (Phi) is 3.44. The van der Waals surface area contributed by atoms with Crippen LogP contribution in [0, 0.1) is 0 Å². The summed E-state index contributed by atoms with van der Waals surface area (Å²) in [5.74, 6) is -0.185. The highest BCUT2D eigenvalue weighted by Gasteiger charge is 2.22. The summed E-state index contributed by atoms with van der Waals surface area (Å²) in [4.78, 5) is 11.6. The summed E-state index contributed by atoms with van der Waals surface area (Å²) < 4.78 is 5.85. The molecule has 2 rings (SSSR count). The standard InChI is InChI=1S/C13H13BrO2/c1-16-13(15)12-4-2-3-11(12)9-5-7-10(14)8-6-9/h5-8H,2-4H2,1H3. The Labute approximate surface area is 103 Å². The van der Waals surface area contributed by atoms with Gasteiger partial charge in [0.05, 0.1) is 7.11 Å². The summed E-state index contributed by atoms with van der Waals surface area (Å²) >= 11 is 3.40. The second kappa shape index (κ2) is 4.83. The minimum atomic E-state index is -0.185. The van der Waals surface area contributed by atoms with E-state index in [-0.39, 0.29) is 5.97 Å². The molecule has 0 spiro atoms. The fraction of sp³-hybridized carbons (Fsp3) is 0.308. The van der Waals surface area contributed by atoms with E-state index in [1.165, 1.54) is 7.11 Å². The average molecular weight is 281 g/mol. The molecule has 0 unspecified atom stereocenters. The van der Waals surface area contributed by atoms with Crippen molar-refractivity contribution in [2.24, 2.45) is 0 Å². The predicted molar refractivity (Wildman–Crippen MR) is 66.9 cm³/mol. The second-order valence-corrected chi connectivity index (χ2v) is 4.72. The highest BCUT2D eigenvalue weighted by molar-refractivity contribution is 9.10. The van der Waals surface area contributed by atoms with Crippen LogP contribution in [0.25, 0.3) is 5.57 Å². The first-order valence-corrected chi connectivity index (χ1v) is 6.08. The smallest absolute Gasteiger partial charge is 0.334 e. The van der Waals surface area contributed by atoms with Crippen molar-refractivity contribution in [3.8, 4) is 0 Å². The van der Waals surface area contributed by atoms with Gasteiger partial charge in [0.15, 0.2) is 0 Å². The second-order valence-electron chi connectivity index (χ2n) is 3.81. The number of rotatable bonds is 2. The Morgan fingerprint density at radius 3 is 2.56 bits per heavy atom. The lowest BCUT2D eigenvalue weighted by molar-refractivity contribution is -0.136. The van der Waals surface area contributed by atoms with Crippen LogP contribution in [-0.2, 0) is 9.53 Å². The minimum absolute atomic E-state index is 0.185. The molecule has 1 aliphatic carbocycles. The van der Waals surface area contributed by atoms with Crippen LogP contribution in [0.3, 0.4) is 0 Å². The number of carbonyl (C=O) groups excluding carboxylic acids is 1. The van der Waals surface area contributed by atoms with Crippen LogP contribution in [0.2, 0.25) is 0 Å². The summed E-state index contributed by atoms with van der Waals surface area (Å²) in [6.07, 6.45) is 2.83. The van der Waals surface area contributed by atoms with Gasteiger partial charge in [-0.2, -0.15) is 0 Å². The molecular weight excluding hydrogens is 268 g/mol. The SMILES string of the molecule is COC(=O)C1=C(c2ccc(Br)cc2)CCC1. The molecule has 0 saturated heterocycles. The summed E-state index contributed by atoms with van der Waals surface area (Å²) in [6.45, 7) is 0. The topological polar surface area (TPSA) is 26.3 Å². The van der Waals surface area contributed by atoms with Crippen molar-refractivity contribution in [1.82, 2.24) is 0 Å². The number of esters is 1. The molecule has 16 heavy (non-hydrogen) atoms. The van der Waals surface area contributed by atoms with E-state index in [0.29, 0.717) is 0 Å². The first-order valence-electron chi connectivity index (χ1n) is 5.28. The van der Waals surface area contributed by atoms with Gasteiger partial charge >= 0.3 is 5.97 Å². The van der Waals surface area contributed by atoms with Crippen molar-refractivity contribution >= 4 is 27.5 Å². The summed E-state index contributed by atoms with van der Waals surface area (Å²) in [5.41, 5.74) is 3.10. The van der Waals surface area contributed by atoms with Crippen LogP contribution < -0.4 is 0 Å². The van der Waals surface area contributed by atoms with Crippen molar-refractivity contribution < 1.29 is 9.53 Å². The van der Waals surface area contributed by atoms with E-state index in [1.54, 1.807) is 0 Å². The number of hydrogen-bond donors (Lipinski definition) is 0. The molecule has 1 aromatic carbocycles. The van der Waals surface area contributed by atoms with Gasteiger partial charge in [-0.3, -0.25) is 0 Å². The predicted octanol–water partition coefficient (Wildman–Crippen LogP) is 3.56. The molecular formula is C13H13BrO2. The van der Waals surface area contributed by atoms with Gasteiger partial charge in [-0.05, 0) is 42.5 Å². The number of hydrogen-bond acceptors (Lipinski definition) is 2. The third-order valence-corrected chi connectivity index (χ3v) is 3.37. The van der Waals surface area contributed by atoms with Crippen molar-refractivity contribution in [3.63, 3.8) is 0 Å². The van der Waals surface area contributed by atoms with Gasteiger partial charge < -0.3 is 4.74 Å². The van der Waals surface area contributed by atoms with Gasteiger partial charge in [0, 0.05) is 10.0 Å². The molecule has 0 amide bonds. The van der Waals surface area contributed by atoms with Crippen LogP contribution >= 0.6 is 15.9 Å². The lowest BCUT2D eigenvalue weighted by atomic mass is 10.0. The van der Waals surface area contributed by atoms with E-state index in [2.05, 4.69) is 15.9 Å². The van der Waals surface area contributed by atoms with Crippen molar-refractivity contribution in [2.45, 2.75) is 19.3 Å². The molecule has 0 N–H and O–H groups in total. The zero-order chi connectivity index (χ0) is 11.5. The number of ether oxygens (including phenoxy) is 1. The average Bonchev–Trinajstić information content (AvgIpc) is 2.78. The third-order valence-electron chi connectivity index (χ3n) is 2.84. The van der Waals surface area contributed by atoms with Gasteiger partial charge in [-0.1, -0.05) is 28.1 Å². The van der Waals surface area contributed by atoms with E-state index < -0.39 is 0 Å². The van der Waals surface area contributed by atoms with Crippen LogP contribution in [0.5, 0.6) is 0 Å². The van der Waals surface area contributed by atoms with E-state index in [0.717, 1.165) is 40.4 Å². The zero-order valence-corrected chi connectivity index (χ0v) is 10.7. The number of carbonyl (C=O) groups is 1. The highest BCUT2D eigenvalue weighted by atomic mass is 79.9. The summed E-state index contributed by atoms with van der Waals surface area (Å²) in [5, 5.41) is 0. The molecule has 0 bridgehead atoms. The zero-order valence-electron chi connectivity index (χ0n) is 9.13. The van der Waals surface area contributed by atoms with Gasteiger partial charge in [-0.25, -0.2) is 4.79 Å². The number of benzene rings is 1. The molecule has 0 radical (unpaired) electrons. The maximum Gasteiger partial charge on any atom is 0.334 e. The van der Waals surface area contributed by atoms with Gasteiger partial charge in [-0.15, -0.1) is 0 Å². The Hall–Kier alpha value is -1.09. The van der Waals surface area contributed by atoms with Gasteiger partial charge in [0.1, 0.15) is 0 Å². The van der Waals surface area contributed by atoms with E-state index in [4.69, 9.17) is 4.74 Å². The minimum Gasteiger partial charge on any atom is -0.466 e. The first-order chi connectivity index (χ1) is 7.72. The van der Waals surface area contributed by atoms with Crippen LogP contribution in [0.1, 0.15) is 24.8 Å². The molecule has 0 saturated carbocycles. The molecule has 1 aliphatic rings. The molecule has 1 aromatic rings. The van der Waals surface area contributed by atoms with Crippen LogP contribution in [0.4, 0.5) is 0 Å². The monoisotopic (exact) mass is 280 g/mol. The molecule has 0 fully saturated rings. The summed E-state index contributed by atoms with van der Waals surface area (Å²) in [7, 11) is 1.44. The Morgan fingerprint density at radius 2 is 1.94 bits per heavy atom. The third kappa shape index (κ3) is 2.19. The first kappa shape index (κ1) is 11.4. The molecule has 3 heteroatoms. The number of methoxy groups -OCH3 is 1. The van der Waals surface area contributed by atoms with Crippen LogP contribution in [-0.4, -0.2) is 13.1 Å². The molecule has 0 heterocycles. The Bertz CT molecular complexity index is 432. The maximum absolute atomic E-state index is 11.6. The largest absolute Gasteiger partial charge is 0.466 e. The Balaban J connectivity index is 2.38. The van der Waals surface area contributed by atoms with Crippen molar-refractivity contribution in [2.75, 3.05) is 7.11 Å².